The van der Waals surface area contributed by atoms with Gasteiger partial charge in [0.15, 0.2) is 0 Å². The van der Waals surface area contributed by atoms with Gasteiger partial charge in [0.05, 0.1) is 0 Å². The van der Waals surface area contributed by atoms with E-state index >= 15 is 0 Å². The number of aromatic nitrogens is 1. The average molecular weight is 248 g/mol. The summed E-state index contributed by atoms with van der Waals surface area (Å²) in [7, 11) is 0. The van der Waals surface area contributed by atoms with Crippen LogP contribution in [0.1, 0.15) is 31.9 Å². The highest BCUT2D eigenvalue weighted by atomic mass is 16.6. The monoisotopic (exact) mass is 248 g/mol. The fourth-order valence-corrected chi connectivity index (χ4v) is 1.31. The molecule has 0 fully saturated rings. The molecule has 1 aromatic heterocycles. The number of pyridine rings is 1. The SMILES string of the molecule is Cc1cnccc1C=CCNC(=O)OC(C)(C)C. The summed E-state index contributed by atoms with van der Waals surface area (Å²) in [5.74, 6) is 0. The number of ether oxygens (including phenoxy) is 1. The number of nitrogens with zero attached hydrogens (tertiary/aromatic N) is 1. The van der Waals surface area contributed by atoms with Crippen LogP contribution in [0.2, 0.25) is 0 Å². The third-order valence-corrected chi connectivity index (χ3v) is 2.12. The highest BCUT2D eigenvalue weighted by Crippen LogP contribution is 2.07. The van der Waals surface area contributed by atoms with E-state index in [9.17, 15) is 4.79 Å². The second kappa shape index (κ2) is 6.19. The fourth-order valence-electron chi connectivity index (χ4n) is 1.31. The number of carbonyl (C=O) groups excluding carboxylic acids is 1. The molecule has 4 nitrogen and oxygen atoms in total. The summed E-state index contributed by atoms with van der Waals surface area (Å²) in [5, 5.41) is 2.67. The summed E-state index contributed by atoms with van der Waals surface area (Å²) in [6.07, 6.45) is 6.98. The van der Waals surface area contributed by atoms with Crippen LogP contribution in [0.15, 0.2) is 24.5 Å². The lowest BCUT2D eigenvalue weighted by molar-refractivity contribution is 0.0534. The number of alkyl carbamates (subject to hydrolysis) is 1. The zero-order chi connectivity index (χ0) is 13.6. The van der Waals surface area contributed by atoms with E-state index in [2.05, 4.69) is 10.3 Å². The Morgan fingerprint density at radius 1 is 1.50 bits per heavy atom. The van der Waals surface area contributed by atoms with Crippen molar-refractivity contribution in [2.75, 3.05) is 6.54 Å². The van der Waals surface area contributed by atoms with Gasteiger partial charge >= 0.3 is 6.09 Å². The molecule has 1 rings (SSSR count). The molecular formula is C14H20N2O2. The topological polar surface area (TPSA) is 51.2 Å². The summed E-state index contributed by atoms with van der Waals surface area (Å²) in [6, 6.07) is 1.93. The third kappa shape index (κ3) is 5.48. The molecule has 0 saturated carbocycles. The quantitative estimate of drug-likeness (QED) is 0.894. The number of nitrogens with one attached hydrogen (secondary N) is 1. The van der Waals surface area contributed by atoms with Crippen molar-refractivity contribution in [3.63, 3.8) is 0 Å². The summed E-state index contributed by atoms with van der Waals surface area (Å²) < 4.78 is 5.12. The second-order valence-electron chi connectivity index (χ2n) is 5.02. The fraction of sp³-hybridized carbons (Fsp3) is 0.429. The van der Waals surface area contributed by atoms with E-state index in [4.69, 9.17) is 4.74 Å². The zero-order valence-corrected chi connectivity index (χ0v) is 11.4. The Hall–Kier alpha value is -1.84. The van der Waals surface area contributed by atoms with Crippen LogP contribution in [0.25, 0.3) is 6.08 Å². The Bertz CT molecular complexity index is 434. The van der Waals surface area contributed by atoms with E-state index in [1.807, 2.05) is 45.9 Å². The van der Waals surface area contributed by atoms with Crippen LogP contribution in [-0.2, 0) is 4.74 Å². The molecule has 0 aromatic carbocycles. The molecule has 0 aliphatic heterocycles. The lowest BCUT2D eigenvalue weighted by Crippen LogP contribution is -2.32. The largest absolute Gasteiger partial charge is 0.444 e. The van der Waals surface area contributed by atoms with Crippen molar-refractivity contribution in [3.8, 4) is 0 Å². The Morgan fingerprint density at radius 3 is 2.83 bits per heavy atom. The average Bonchev–Trinajstić information content (AvgIpc) is 2.24. The summed E-state index contributed by atoms with van der Waals surface area (Å²) in [6.45, 7) is 7.94. The van der Waals surface area contributed by atoms with E-state index in [1.54, 1.807) is 12.4 Å². The van der Waals surface area contributed by atoms with E-state index in [0.717, 1.165) is 11.1 Å². The molecule has 1 amide bonds. The first-order chi connectivity index (χ1) is 8.38. The maximum absolute atomic E-state index is 11.4. The zero-order valence-electron chi connectivity index (χ0n) is 11.4. The van der Waals surface area contributed by atoms with E-state index in [-0.39, 0.29) is 0 Å². The van der Waals surface area contributed by atoms with Gasteiger partial charge < -0.3 is 10.1 Å². The molecule has 0 spiro atoms. The first-order valence-corrected chi connectivity index (χ1v) is 5.92. The molecular weight excluding hydrogens is 228 g/mol. The Labute approximate surface area is 108 Å². The van der Waals surface area contributed by atoms with Crippen molar-refractivity contribution in [2.45, 2.75) is 33.3 Å². The van der Waals surface area contributed by atoms with Crippen LogP contribution in [-0.4, -0.2) is 23.2 Å². The van der Waals surface area contributed by atoms with Crippen LogP contribution in [0.5, 0.6) is 0 Å². The minimum absolute atomic E-state index is 0.404. The summed E-state index contributed by atoms with van der Waals surface area (Å²) >= 11 is 0. The van der Waals surface area contributed by atoms with E-state index in [1.165, 1.54) is 0 Å². The van der Waals surface area contributed by atoms with Crippen molar-refractivity contribution in [1.82, 2.24) is 10.3 Å². The van der Waals surface area contributed by atoms with Crippen LogP contribution in [0.4, 0.5) is 4.79 Å². The van der Waals surface area contributed by atoms with E-state index < -0.39 is 11.7 Å². The maximum atomic E-state index is 11.4. The van der Waals surface area contributed by atoms with Gasteiger partial charge in [-0.3, -0.25) is 4.98 Å². The highest BCUT2D eigenvalue weighted by molar-refractivity contribution is 5.68. The lowest BCUT2D eigenvalue weighted by atomic mass is 10.1. The van der Waals surface area contributed by atoms with Gasteiger partial charge in [0.1, 0.15) is 5.60 Å². The van der Waals surface area contributed by atoms with Gasteiger partial charge in [-0.25, -0.2) is 4.79 Å². The summed E-state index contributed by atoms with van der Waals surface area (Å²) in [5.41, 5.74) is 1.73. The van der Waals surface area contributed by atoms with Gasteiger partial charge in [-0.15, -0.1) is 0 Å². The molecule has 1 aromatic rings. The molecule has 4 heteroatoms. The molecule has 0 bridgehead atoms. The van der Waals surface area contributed by atoms with Crippen LogP contribution < -0.4 is 5.32 Å². The number of rotatable bonds is 3. The molecule has 0 saturated heterocycles. The second-order valence-corrected chi connectivity index (χ2v) is 5.02. The van der Waals surface area contributed by atoms with Crippen molar-refractivity contribution in [3.05, 3.63) is 35.7 Å². The number of amides is 1. The van der Waals surface area contributed by atoms with Crippen molar-refractivity contribution < 1.29 is 9.53 Å². The maximum Gasteiger partial charge on any atom is 0.407 e. The molecule has 1 heterocycles. The molecule has 18 heavy (non-hydrogen) atoms. The van der Waals surface area contributed by atoms with Gasteiger partial charge in [-0.05, 0) is 44.9 Å². The van der Waals surface area contributed by atoms with Gasteiger partial charge in [0, 0.05) is 18.9 Å². The number of carbonyl (C=O) groups is 1. The Kier molecular flexibility index (Phi) is 4.89. The van der Waals surface area contributed by atoms with Gasteiger partial charge in [-0.1, -0.05) is 12.2 Å². The van der Waals surface area contributed by atoms with Gasteiger partial charge in [0.2, 0.25) is 0 Å². The van der Waals surface area contributed by atoms with Crippen molar-refractivity contribution in [2.24, 2.45) is 0 Å². The normalized spacial score (nSPS) is 11.6. The first kappa shape index (κ1) is 14.2. The minimum Gasteiger partial charge on any atom is -0.444 e. The lowest BCUT2D eigenvalue weighted by Gasteiger charge is -2.19. The third-order valence-electron chi connectivity index (χ3n) is 2.12. The smallest absolute Gasteiger partial charge is 0.407 e. The van der Waals surface area contributed by atoms with Crippen LogP contribution in [0.3, 0.4) is 0 Å². The van der Waals surface area contributed by atoms with Crippen LogP contribution >= 0.6 is 0 Å². The molecule has 0 aliphatic rings. The Morgan fingerprint density at radius 2 is 2.22 bits per heavy atom. The highest BCUT2D eigenvalue weighted by Gasteiger charge is 2.14. The predicted octanol–water partition coefficient (Wildman–Crippen LogP) is 2.93. The van der Waals surface area contributed by atoms with Gasteiger partial charge in [-0.2, -0.15) is 0 Å². The molecule has 0 aliphatic carbocycles. The van der Waals surface area contributed by atoms with E-state index in [0.29, 0.717) is 6.54 Å². The first-order valence-electron chi connectivity index (χ1n) is 5.92. The van der Waals surface area contributed by atoms with Crippen molar-refractivity contribution >= 4 is 12.2 Å². The molecule has 98 valence electrons. The number of hydrogen-bond donors (Lipinski definition) is 1. The molecule has 0 atom stereocenters. The molecule has 1 N–H and O–H groups in total. The molecule has 0 unspecified atom stereocenters. The van der Waals surface area contributed by atoms with Crippen LogP contribution in [0, 0.1) is 6.92 Å². The molecule has 0 radical (unpaired) electrons. The minimum atomic E-state index is -0.463. The standard InChI is InChI=1S/C14H20N2O2/c1-11-10-15-9-7-12(11)6-5-8-16-13(17)18-14(2,3)4/h5-7,9-10H,8H2,1-4H3,(H,16,17). The number of hydrogen-bond acceptors (Lipinski definition) is 3. The Balaban J connectivity index is 2.38. The van der Waals surface area contributed by atoms with Crippen molar-refractivity contribution in [1.29, 1.82) is 0 Å². The van der Waals surface area contributed by atoms with Gasteiger partial charge in [0.25, 0.3) is 0 Å². The number of aryl methyl sites for hydroxylation is 1. The predicted molar refractivity (Wildman–Crippen MR) is 72.2 cm³/mol. The summed E-state index contributed by atoms with van der Waals surface area (Å²) in [4.78, 5) is 15.4.